The van der Waals surface area contributed by atoms with E-state index in [1.54, 1.807) is 24.3 Å². The van der Waals surface area contributed by atoms with Crippen LogP contribution in [-0.2, 0) is 11.3 Å². The summed E-state index contributed by atoms with van der Waals surface area (Å²) in [5.41, 5.74) is 8.11. The van der Waals surface area contributed by atoms with Crippen molar-refractivity contribution in [2.75, 3.05) is 11.1 Å². The number of nitrogen functional groups attached to an aromatic ring is 1. The molecule has 20 heavy (non-hydrogen) atoms. The number of carbonyl (C=O) groups excluding carboxylic acids is 1. The molecule has 6 heteroatoms. The molecule has 1 unspecified atom stereocenters. The van der Waals surface area contributed by atoms with Gasteiger partial charge in [-0.25, -0.2) is 0 Å². The second-order valence-corrected chi connectivity index (χ2v) is 6.17. The fourth-order valence-electron chi connectivity index (χ4n) is 2.29. The number of thiophene rings is 1. The number of benzene rings is 1. The highest BCUT2D eigenvalue weighted by atomic mass is 35.5. The lowest BCUT2D eigenvalue weighted by Gasteiger charge is -2.09. The van der Waals surface area contributed by atoms with E-state index < -0.39 is 0 Å². The van der Waals surface area contributed by atoms with Gasteiger partial charge in [0.2, 0.25) is 0 Å². The first-order chi connectivity index (χ1) is 9.56. The van der Waals surface area contributed by atoms with Crippen molar-refractivity contribution in [1.82, 2.24) is 0 Å². The number of halogens is 1. The Morgan fingerprint density at radius 2 is 2.15 bits per heavy atom. The molecule has 0 radical (unpaired) electrons. The number of hydrogen-bond acceptors (Lipinski definition) is 4. The molecular formula is C14H13ClN2O2S. The molecule has 0 spiro atoms. The van der Waals surface area contributed by atoms with Crippen LogP contribution >= 0.6 is 22.9 Å². The Bertz CT molecular complexity index is 667. The van der Waals surface area contributed by atoms with Gasteiger partial charge in [0.25, 0.3) is 5.91 Å². The molecule has 3 rings (SSSR count). The highest BCUT2D eigenvalue weighted by molar-refractivity contribution is 7.16. The first kappa shape index (κ1) is 13.4. The molecule has 1 atom stereocenters. The SMILES string of the molecule is CC1OCc2sc(N)c(C(=O)Nc3ccc(Cl)cc3)c21. The molecule has 1 aromatic heterocycles. The van der Waals surface area contributed by atoms with Crippen LogP contribution in [0.15, 0.2) is 24.3 Å². The second kappa shape index (κ2) is 5.09. The molecule has 1 aliphatic heterocycles. The van der Waals surface area contributed by atoms with Gasteiger partial charge in [-0.1, -0.05) is 11.6 Å². The van der Waals surface area contributed by atoms with Crippen molar-refractivity contribution in [3.63, 3.8) is 0 Å². The van der Waals surface area contributed by atoms with E-state index >= 15 is 0 Å². The van der Waals surface area contributed by atoms with Crippen LogP contribution < -0.4 is 11.1 Å². The Labute approximate surface area is 125 Å². The average Bonchev–Trinajstić information content (AvgIpc) is 2.91. The highest BCUT2D eigenvalue weighted by Gasteiger charge is 2.30. The lowest BCUT2D eigenvalue weighted by Crippen LogP contribution is -2.15. The van der Waals surface area contributed by atoms with E-state index in [-0.39, 0.29) is 12.0 Å². The van der Waals surface area contributed by atoms with Crippen LogP contribution in [-0.4, -0.2) is 5.91 Å². The third-order valence-electron chi connectivity index (χ3n) is 3.25. The Hall–Kier alpha value is -1.56. The van der Waals surface area contributed by atoms with E-state index in [2.05, 4.69) is 5.32 Å². The number of ether oxygens (including phenoxy) is 1. The summed E-state index contributed by atoms with van der Waals surface area (Å²) in [7, 11) is 0. The van der Waals surface area contributed by atoms with Crippen molar-refractivity contribution in [3.05, 3.63) is 45.3 Å². The van der Waals surface area contributed by atoms with E-state index in [0.717, 1.165) is 10.4 Å². The van der Waals surface area contributed by atoms with E-state index in [1.807, 2.05) is 6.92 Å². The van der Waals surface area contributed by atoms with E-state index in [4.69, 9.17) is 22.1 Å². The largest absolute Gasteiger partial charge is 0.390 e. The lowest BCUT2D eigenvalue weighted by molar-refractivity contribution is 0.0790. The van der Waals surface area contributed by atoms with Crippen LogP contribution in [0.1, 0.15) is 33.8 Å². The number of carbonyl (C=O) groups is 1. The fourth-order valence-corrected chi connectivity index (χ4v) is 3.49. The van der Waals surface area contributed by atoms with Gasteiger partial charge in [-0.15, -0.1) is 11.3 Å². The van der Waals surface area contributed by atoms with Gasteiger partial charge in [-0.3, -0.25) is 4.79 Å². The van der Waals surface area contributed by atoms with E-state index in [0.29, 0.717) is 27.9 Å². The number of rotatable bonds is 2. The number of hydrogen-bond donors (Lipinski definition) is 2. The van der Waals surface area contributed by atoms with E-state index in [1.165, 1.54) is 11.3 Å². The van der Waals surface area contributed by atoms with Crippen LogP contribution in [0.5, 0.6) is 0 Å². The summed E-state index contributed by atoms with van der Waals surface area (Å²) >= 11 is 7.24. The molecule has 0 aliphatic carbocycles. The molecule has 2 heterocycles. The van der Waals surface area contributed by atoms with Crippen molar-refractivity contribution in [3.8, 4) is 0 Å². The van der Waals surface area contributed by atoms with Gasteiger partial charge in [0.05, 0.1) is 23.3 Å². The topological polar surface area (TPSA) is 64.3 Å². The molecule has 1 amide bonds. The smallest absolute Gasteiger partial charge is 0.259 e. The van der Waals surface area contributed by atoms with Crippen LogP contribution in [0.25, 0.3) is 0 Å². The van der Waals surface area contributed by atoms with Crippen LogP contribution in [0.4, 0.5) is 10.7 Å². The quantitative estimate of drug-likeness (QED) is 0.886. The van der Waals surface area contributed by atoms with Crippen molar-refractivity contribution in [2.24, 2.45) is 0 Å². The first-order valence-corrected chi connectivity index (χ1v) is 7.35. The van der Waals surface area contributed by atoms with Gasteiger partial charge in [-0.05, 0) is 31.2 Å². The van der Waals surface area contributed by atoms with Gasteiger partial charge in [0.15, 0.2) is 0 Å². The maximum absolute atomic E-state index is 12.4. The summed E-state index contributed by atoms with van der Waals surface area (Å²) in [5, 5.41) is 4.00. The van der Waals surface area contributed by atoms with Gasteiger partial charge < -0.3 is 15.8 Å². The summed E-state index contributed by atoms with van der Waals surface area (Å²) in [6.45, 7) is 2.46. The molecule has 0 fully saturated rings. The monoisotopic (exact) mass is 308 g/mol. The maximum atomic E-state index is 12.4. The minimum absolute atomic E-state index is 0.0930. The molecular weight excluding hydrogens is 296 g/mol. The first-order valence-electron chi connectivity index (χ1n) is 6.16. The number of nitrogens with one attached hydrogen (secondary N) is 1. The van der Waals surface area contributed by atoms with Crippen LogP contribution in [0, 0.1) is 0 Å². The zero-order valence-corrected chi connectivity index (χ0v) is 12.3. The summed E-state index contributed by atoms with van der Waals surface area (Å²) in [6.07, 6.45) is -0.0930. The van der Waals surface area contributed by atoms with Crippen molar-refractivity contribution in [2.45, 2.75) is 19.6 Å². The molecule has 104 valence electrons. The second-order valence-electron chi connectivity index (χ2n) is 4.59. The molecule has 0 saturated heterocycles. The summed E-state index contributed by atoms with van der Waals surface area (Å²) in [5.74, 6) is -0.209. The summed E-state index contributed by atoms with van der Waals surface area (Å²) < 4.78 is 5.53. The minimum atomic E-state index is -0.209. The summed E-state index contributed by atoms with van der Waals surface area (Å²) in [4.78, 5) is 13.5. The van der Waals surface area contributed by atoms with Gasteiger partial charge in [0.1, 0.15) is 0 Å². The van der Waals surface area contributed by atoms with Gasteiger partial charge >= 0.3 is 0 Å². The third kappa shape index (κ3) is 2.28. The van der Waals surface area contributed by atoms with Crippen molar-refractivity contribution in [1.29, 1.82) is 0 Å². The Kier molecular flexibility index (Phi) is 3.41. The predicted octanol–water partition coefficient (Wildman–Crippen LogP) is 3.83. The Morgan fingerprint density at radius 3 is 2.85 bits per heavy atom. The number of amides is 1. The number of nitrogens with two attached hydrogens (primary N) is 1. The Balaban J connectivity index is 1.90. The molecule has 1 aromatic carbocycles. The molecule has 4 nitrogen and oxygen atoms in total. The summed E-state index contributed by atoms with van der Waals surface area (Å²) in [6, 6.07) is 6.96. The zero-order valence-electron chi connectivity index (χ0n) is 10.8. The lowest BCUT2D eigenvalue weighted by atomic mass is 10.1. The minimum Gasteiger partial charge on any atom is -0.390 e. The number of anilines is 2. The highest BCUT2D eigenvalue weighted by Crippen LogP contribution is 2.42. The Morgan fingerprint density at radius 1 is 1.45 bits per heavy atom. The molecule has 3 N–H and O–H groups in total. The zero-order chi connectivity index (χ0) is 14.3. The van der Waals surface area contributed by atoms with E-state index in [9.17, 15) is 4.79 Å². The third-order valence-corrected chi connectivity index (χ3v) is 4.51. The van der Waals surface area contributed by atoms with Crippen LogP contribution in [0.3, 0.4) is 0 Å². The van der Waals surface area contributed by atoms with Gasteiger partial charge in [-0.2, -0.15) is 0 Å². The normalized spacial score (nSPS) is 17.0. The molecule has 0 bridgehead atoms. The van der Waals surface area contributed by atoms with Crippen LogP contribution in [0.2, 0.25) is 5.02 Å². The number of fused-ring (bicyclic) bond motifs is 1. The van der Waals surface area contributed by atoms with Crippen molar-refractivity contribution < 1.29 is 9.53 Å². The maximum Gasteiger partial charge on any atom is 0.259 e. The van der Waals surface area contributed by atoms with Gasteiger partial charge in [0, 0.05) is 21.2 Å². The fraction of sp³-hybridized carbons (Fsp3) is 0.214. The van der Waals surface area contributed by atoms with Crippen molar-refractivity contribution >= 4 is 39.5 Å². The molecule has 1 aliphatic rings. The molecule has 0 saturated carbocycles. The average molecular weight is 309 g/mol. The standard InChI is InChI=1S/C14H13ClN2O2S/c1-7-11-10(6-19-7)20-13(16)12(11)14(18)17-9-4-2-8(15)3-5-9/h2-5,7H,6,16H2,1H3,(H,17,18). The predicted molar refractivity (Wildman–Crippen MR) is 81.3 cm³/mol. The molecule has 2 aromatic rings.